The van der Waals surface area contributed by atoms with E-state index < -0.39 is 53.9 Å². The highest BCUT2D eigenvalue weighted by Gasteiger charge is 2.38. The van der Waals surface area contributed by atoms with Crippen LogP contribution in [0.3, 0.4) is 0 Å². The van der Waals surface area contributed by atoms with E-state index in [2.05, 4.69) is 20.9 Å². The van der Waals surface area contributed by atoms with Crippen molar-refractivity contribution in [1.29, 1.82) is 0 Å². The van der Waals surface area contributed by atoms with Crippen LogP contribution >= 0.6 is 0 Å². The predicted octanol–water partition coefficient (Wildman–Crippen LogP) is 1.58. The van der Waals surface area contributed by atoms with E-state index in [1.807, 2.05) is 74.5 Å². The Bertz CT molecular complexity index is 1470. The first-order valence-electron chi connectivity index (χ1n) is 18.7. The molecule has 284 valence electrons. The van der Waals surface area contributed by atoms with Gasteiger partial charge in [-0.1, -0.05) is 74.5 Å². The summed E-state index contributed by atoms with van der Waals surface area (Å²) in [4.78, 5) is 70.2. The van der Waals surface area contributed by atoms with E-state index in [9.17, 15) is 29.1 Å². The fourth-order valence-electron chi connectivity index (χ4n) is 7.27. The second kappa shape index (κ2) is 20.1. The van der Waals surface area contributed by atoms with Crippen molar-refractivity contribution in [2.24, 2.45) is 17.4 Å². The summed E-state index contributed by atoms with van der Waals surface area (Å²) in [5, 5.41) is 18.2. The van der Waals surface area contributed by atoms with Gasteiger partial charge in [0.05, 0.1) is 6.04 Å². The second-order valence-electron chi connectivity index (χ2n) is 14.5. The molecule has 8 N–H and O–H groups in total. The van der Waals surface area contributed by atoms with Gasteiger partial charge in [0.2, 0.25) is 23.6 Å². The van der Waals surface area contributed by atoms with Crippen LogP contribution in [0.4, 0.5) is 0 Å². The van der Waals surface area contributed by atoms with Crippen molar-refractivity contribution in [1.82, 2.24) is 25.8 Å². The molecular weight excluding hydrogens is 662 g/mol. The highest BCUT2D eigenvalue weighted by molar-refractivity contribution is 5.95. The van der Waals surface area contributed by atoms with Crippen molar-refractivity contribution >= 4 is 29.6 Å². The molecule has 4 amide bonds. The number of carboxylic acids is 1. The topological polar surface area (TPSA) is 200 Å². The largest absolute Gasteiger partial charge is 0.480 e. The van der Waals surface area contributed by atoms with Crippen molar-refractivity contribution in [2.45, 2.75) is 108 Å². The third kappa shape index (κ3) is 11.9. The first-order chi connectivity index (χ1) is 25.0. The molecule has 2 fully saturated rings. The molecule has 0 spiro atoms. The normalized spacial score (nSPS) is 19.0. The zero-order valence-corrected chi connectivity index (χ0v) is 30.5. The van der Waals surface area contributed by atoms with Crippen LogP contribution in [0.15, 0.2) is 60.7 Å². The molecule has 2 saturated heterocycles. The Kier molecular flexibility index (Phi) is 15.6. The molecule has 13 nitrogen and oxygen atoms in total. The van der Waals surface area contributed by atoms with Crippen LogP contribution in [0.5, 0.6) is 0 Å². The fraction of sp³-hybridized carbons (Fsp3) is 0.564. The van der Waals surface area contributed by atoms with E-state index >= 15 is 0 Å². The lowest BCUT2D eigenvalue weighted by atomic mass is 9.99. The maximum Gasteiger partial charge on any atom is 0.320 e. The molecule has 2 heterocycles. The maximum absolute atomic E-state index is 13.9. The molecular formula is C39H57N7O6. The zero-order valence-electron chi connectivity index (χ0n) is 30.5. The lowest BCUT2D eigenvalue weighted by molar-refractivity contribution is -0.144. The quantitative estimate of drug-likeness (QED) is 0.132. The summed E-state index contributed by atoms with van der Waals surface area (Å²) in [6.07, 6.45) is 4.39. The van der Waals surface area contributed by atoms with Crippen LogP contribution in [-0.2, 0) is 36.8 Å². The van der Waals surface area contributed by atoms with Crippen molar-refractivity contribution in [3.05, 3.63) is 71.8 Å². The van der Waals surface area contributed by atoms with Crippen molar-refractivity contribution in [2.75, 3.05) is 26.2 Å². The van der Waals surface area contributed by atoms with Gasteiger partial charge in [-0.05, 0) is 87.9 Å². The van der Waals surface area contributed by atoms with Gasteiger partial charge in [0.1, 0.15) is 24.2 Å². The summed E-state index contributed by atoms with van der Waals surface area (Å²) in [7, 11) is 0. The molecule has 4 rings (SSSR count). The number of carboxylic acid groups (broad SMARTS) is 1. The molecule has 13 heteroatoms. The second-order valence-corrected chi connectivity index (χ2v) is 14.5. The average Bonchev–Trinajstić information content (AvgIpc) is 3.64. The number of carbonyl (C=O) groups is 5. The van der Waals surface area contributed by atoms with Gasteiger partial charge in [-0.2, -0.15) is 0 Å². The molecule has 2 aromatic rings. The molecule has 0 bridgehead atoms. The predicted molar refractivity (Wildman–Crippen MR) is 199 cm³/mol. The zero-order chi connectivity index (χ0) is 37.6. The van der Waals surface area contributed by atoms with Gasteiger partial charge in [0.15, 0.2) is 0 Å². The van der Waals surface area contributed by atoms with Crippen molar-refractivity contribution in [3.63, 3.8) is 0 Å². The molecule has 2 aliphatic rings. The number of aryl methyl sites for hydroxylation is 1. The van der Waals surface area contributed by atoms with E-state index in [1.165, 1.54) is 0 Å². The first kappa shape index (κ1) is 40.4. The van der Waals surface area contributed by atoms with Crippen LogP contribution in [-0.4, -0.2) is 107 Å². The fourth-order valence-corrected chi connectivity index (χ4v) is 7.27. The Morgan fingerprint density at radius 2 is 1.35 bits per heavy atom. The maximum atomic E-state index is 13.9. The van der Waals surface area contributed by atoms with E-state index in [0.29, 0.717) is 51.6 Å². The molecule has 0 radical (unpaired) electrons. The number of benzene rings is 2. The van der Waals surface area contributed by atoms with E-state index in [4.69, 9.17) is 11.5 Å². The molecule has 2 aliphatic heterocycles. The highest BCUT2D eigenvalue weighted by atomic mass is 16.4. The molecule has 0 unspecified atom stereocenters. The summed E-state index contributed by atoms with van der Waals surface area (Å²) in [5.41, 5.74) is 14.1. The number of nitrogens with zero attached hydrogens (tertiary/aromatic N) is 2. The minimum atomic E-state index is -0.969. The summed E-state index contributed by atoms with van der Waals surface area (Å²) in [6.45, 7) is 5.67. The number of nitrogens with one attached hydrogen (secondary N) is 3. The average molecular weight is 720 g/mol. The lowest BCUT2D eigenvalue weighted by Gasteiger charge is -2.39. The first-order valence-corrected chi connectivity index (χ1v) is 18.7. The molecule has 52 heavy (non-hydrogen) atoms. The Morgan fingerprint density at radius 1 is 0.769 bits per heavy atom. The van der Waals surface area contributed by atoms with E-state index in [0.717, 1.165) is 24.1 Å². The van der Waals surface area contributed by atoms with Crippen molar-refractivity contribution < 1.29 is 29.1 Å². The third-order valence-corrected chi connectivity index (χ3v) is 10.1. The summed E-state index contributed by atoms with van der Waals surface area (Å²) in [6, 6.07) is 14.9. The Labute approximate surface area is 307 Å². The van der Waals surface area contributed by atoms with E-state index in [1.54, 1.807) is 4.90 Å². The number of amides is 4. The minimum absolute atomic E-state index is 0.0237. The number of piperidine rings is 1. The number of nitrogens with two attached hydrogens (primary N) is 2. The number of rotatable bonds is 18. The van der Waals surface area contributed by atoms with E-state index in [-0.39, 0.29) is 37.3 Å². The standard InChI is InChI=1S/C39H57N7O6/c1-26(2)24-33(37(49)43-32(17-20-40)38(50)45-22-18-29(19-23-45)46-21-9-14-34(46)39(51)52)44-36(48)31(16-15-27-10-5-3-6-11-27)42-35(47)30(41)25-28-12-7-4-8-13-28/h3-8,10-13,26,29-34H,9,14-25,40-41H2,1-2H3,(H,42,47)(H,43,49)(H,44,48)(H,51,52)/t30-,31-,32-,33-,34+/m1/s1. The van der Waals surface area contributed by atoms with Crippen molar-refractivity contribution in [3.8, 4) is 0 Å². The molecule has 0 aromatic heterocycles. The minimum Gasteiger partial charge on any atom is -0.480 e. The molecule has 0 saturated carbocycles. The van der Waals surface area contributed by atoms with Gasteiger partial charge in [-0.3, -0.25) is 28.9 Å². The van der Waals surface area contributed by atoms with Gasteiger partial charge in [0, 0.05) is 19.1 Å². The summed E-state index contributed by atoms with van der Waals surface area (Å²) in [5.74, 6) is -2.51. The number of carbonyl (C=O) groups excluding carboxylic acids is 4. The molecule has 2 aromatic carbocycles. The number of hydrogen-bond acceptors (Lipinski definition) is 8. The molecule has 0 aliphatic carbocycles. The summed E-state index contributed by atoms with van der Waals surface area (Å²) < 4.78 is 0. The lowest BCUT2D eigenvalue weighted by Crippen LogP contribution is -2.59. The number of likely N-dealkylation sites (tertiary alicyclic amines) is 2. The smallest absolute Gasteiger partial charge is 0.320 e. The summed E-state index contributed by atoms with van der Waals surface area (Å²) >= 11 is 0. The molecule has 5 atom stereocenters. The van der Waals surface area contributed by atoms with Gasteiger partial charge < -0.3 is 37.4 Å². The van der Waals surface area contributed by atoms with Gasteiger partial charge in [-0.15, -0.1) is 0 Å². The Balaban J connectivity index is 1.41. The van der Waals surface area contributed by atoms with Crippen LogP contribution in [0, 0.1) is 5.92 Å². The SMILES string of the molecule is CC(C)C[C@@H](NC(=O)[C@@H](CCc1ccccc1)NC(=O)[C@H](N)Cc1ccccc1)C(=O)N[C@H](CCN)C(=O)N1CCC(N2CCC[C@H]2C(=O)O)CC1. The number of hydrogen-bond donors (Lipinski definition) is 6. The van der Waals surface area contributed by atoms with Crippen LogP contribution in [0.25, 0.3) is 0 Å². The highest BCUT2D eigenvalue weighted by Crippen LogP contribution is 2.26. The van der Waals surface area contributed by atoms with Crippen LogP contribution in [0.2, 0.25) is 0 Å². The van der Waals surface area contributed by atoms with Gasteiger partial charge in [0.25, 0.3) is 0 Å². The number of aliphatic carboxylic acids is 1. The Morgan fingerprint density at radius 3 is 1.94 bits per heavy atom. The van der Waals surface area contributed by atoms with Gasteiger partial charge in [-0.25, -0.2) is 0 Å². The van der Waals surface area contributed by atoms with Gasteiger partial charge >= 0.3 is 5.97 Å². The van der Waals surface area contributed by atoms with Crippen LogP contribution in [0.1, 0.15) is 69.9 Å². The van der Waals surface area contributed by atoms with Crippen LogP contribution < -0.4 is 27.4 Å². The third-order valence-electron chi connectivity index (χ3n) is 10.1. The Hall–Kier alpha value is -4.33. The monoisotopic (exact) mass is 719 g/mol.